The van der Waals surface area contributed by atoms with E-state index in [2.05, 4.69) is 10.3 Å². The molecular weight excluding hydrogens is 342 g/mol. The zero-order valence-corrected chi connectivity index (χ0v) is 14.8. The molecule has 8 heteroatoms. The number of fused-ring (bicyclic) bond motifs is 1. The van der Waals surface area contributed by atoms with Gasteiger partial charge in [-0.25, -0.2) is 4.98 Å². The molecule has 1 N–H and O–H groups in total. The summed E-state index contributed by atoms with van der Waals surface area (Å²) in [5.41, 5.74) is 1.23. The second kappa shape index (κ2) is 6.94. The van der Waals surface area contributed by atoms with E-state index in [0.29, 0.717) is 16.5 Å². The lowest BCUT2D eigenvalue weighted by Crippen LogP contribution is -2.31. The molecule has 3 rings (SSSR count). The molecule has 3 aromatic rings. The standard InChI is InChI=1S/C17H17N3O4S/c1-10-9-25-17-19-8-12(16(22)20(10)17)15(21)18-7-11-4-5-13(23-2)14(6-11)24-3/h4-6,8-9H,7H2,1-3H3,(H,18,21). The Morgan fingerprint density at radius 3 is 2.76 bits per heavy atom. The maximum absolute atomic E-state index is 12.5. The number of nitrogens with one attached hydrogen (secondary N) is 1. The molecule has 2 aromatic heterocycles. The molecule has 7 nitrogen and oxygen atoms in total. The summed E-state index contributed by atoms with van der Waals surface area (Å²) >= 11 is 1.36. The van der Waals surface area contributed by atoms with Crippen LogP contribution >= 0.6 is 11.3 Å². The number of aryl methyl sites for hydroxylation is 1. The van der Waals surface area contributed by atoms with Crippen LogP contribution in [0.4, 0.5) is 0 Å². The zero-order valence-electron chi connectivity index (χ0n) is 14.0. The van der Waals surface area contributed by atoms with Crippen molar-refractivity contribution in [3.05, 3.63) is 57.0 Å². The average molecular weight is 359 g/mol. The van der Waals surface area contributed by atoms with Crippen molar-refractivity contribution in [2.75, 3.05) is 14.2 Å². The lowest BCUT2D eigenvalue weighted by molar-refractivity contribution is 0.0949. The van der Waals surface area contributed by atoms with Gasteiger partial charge in [0.25, 0.3) is 11.5 Å². The van der Waals surface area contributed by atoms with E-state index in [4.69, 9.17) is 9.47 Å². The summed E-state index contributed by atoms with van der Waals surface area (Å²) in [4.78, 5) is 29.6. The summed E-state index contributed by atoms with van der Waals surface area (Å²) in [7, 11) is 3.10. The third-order valence-corrected chi connectivity index (χ3v) is 4.72. The Hall–Kier alpha value is -2.87. The third-order valence-electron chi connectivity index (χ3n) is 3.76. The smallest absolute Gasteiger partial charge is 0.271 e. The maximum Gasteiger partial charge on any atom is 0.271 e. The number of ether oxygens (including phenoxy) is 2. The lowest BCUT2D eigenvalue weighted by atomic mass is 10.2. The van der Waals surface area contributed by atoms with E-state index in [1.807, 2.05) is 11.4 Å². The fourth-order valence-electron chi connectivity index (χ4n) is 2.45. The number of hydrogen-bond donors (Lipinski definition) is 1. The van der Waals surface area contributed by atoms with Crippen molar-refractivity contribution in [2.45, 2.75) is 13.5 Å². The molecule has 0 radical (unpaired) electrons. The average Bonchev–Trinajstić information content (AvgIpc) is 3.01. The minimum Gasteiger partial charge on any atom is -0.493 e. The third kappa shape index (κ3) is 3.20. The molecule has 0 aliphatic heterocycles. The molecule has 1 aromatic carbocycles. The topological polar surface area (TPSA) is 81.9 Å². The van der Waals surface area contributed by atoms with Crippen molar-refractivity contribution in [3.63, 3.8) is 0 Å². The Labute approximate surface area is 147 Å². The summed E-state index contributed by atoms with van der Waals surface area (Å²) in [6, 6.07) is 5.35. The first-order valence-electron chi connectivity index (χ1n) is 7.50. The first-order valence-corrected chi connectivity index (χ1v) is 8.38. The summed E-state index contributed by atoms with van der Waals surface area (Å²) in [6.45, 7) is 2.06. The molecule has 130 valence electrons. The van der Waals surface area contributed by atoms with Gasteiger partial charge in [-0.3, -0.25) is 14.0 Å². The Morgan fingerprint density at radius 2 is 2.04 bits per heavy atom. The number of carbonyl (C=O) groups is 1. The number of amides is 1. The first-order chi connectivity index (χ1) is 12.0. The number of benzene rings is 1. The van der Waals surface area contributed by atoms with E-state index < -0.39 is 5.91 Å². The predicted molar refractivity (Wildman–Crippen MR) is 94.8 cm³/mol. The number of rotatable bonds is 5. The number of thiazole rings is 1. The SMILES string of the molecule is COc1ccc(CNC(=O)c2cnc3scc(C)n3c2=O)cc1OC. The molecule has 0 fully saturated rings. The van der Waals surface area contributed by atoms with Crippen LogP contribution in [0.3, 0.4) is 0 Å². The minimum atomic E-state index is -0.465. The number of aromatic nitrogens is 2. The van der Waals surface area contributed by atoms with Crippen molar-refractivity contribution >= 4 is 22.2 Å². The largest absolute Gasteiger partial charge is 0.493 e. The van der Waals surface area contributed by atoms with Crippen LogP contribution in [-0.4, -0.2) is 29.5 Å². The molecule has 0 aliphatic carbocycles. The van der Waals surface area contributed by atoms with Crippen molar-refractivity contribution in [3.8, 4) is 11.5 Å². The van der Waals surface area contributed by atoms with Crippen LogP contribution in [0.15, 0.2) is 34.6 Å². The summed E-state index contributed by atoms with van der Waals surface area (Å²) < 4.78 is 11.9. The molecular formula is C17H17N3O4S. The maximum atomic E-state index is 12.5. The second-order valence-electron chi connectivity index (χ2n) is 5.34. The van der Waals surface area contributed by atoms with Crippen molar-refractivity contribution in [2.24, 2.45) is 0 Å². The van der Waals surface area contributed by atoms with Gasteiger partial charge in [-0.15, -0.1) is 11.3 Å². The van der Waals surface area contributed by atoms with E-state index in [0.717, 1.165) is 11.3 Å². The van der Waals surface area contributed by atoms with Crippen LogP contribution < -0.4 is 20.3 Å². The number of nitrogens with zero attached hydrogens (tertiary/aromatic N) is 2. The second-order valence-corrected chi connectivity index (χ2v) is 6.18. The quantitative estimate of drug-likeness (QED) is 0.754. The molecule has 0 spiro atoms. The molecule has 0 unspecified atom stereocenters. The van der Waals surface area contributed by atoms with Gasteiger partial charge in [0, 0.05) is 23.8 Å². The van der Waals surface area contributed by atoms with Gasteiger partial charge in [-0.1, -0.05) is 6.07 Å². The van der Waals surface area contributed by atoms with E-state index >= 15 is 0 Å². The van der Waals surface area contributed by atoms with Gasteiger partial charge in [0.15, 0.2) is 16.5 Å². The van der Waals surface area contributed by atoms with Gasteiger partial charge in [0.1, 0.15) is 5.56 Å². The number of methoxy groups -OCH3 is 2. The summed E-state index contributed by atoms with van der Waals surface area (Å²) in [5, 5.41) is 4.56. The van der Waals surface area contributed by atoms with Crippen LogP contribution in [0.2, 0.25) is 0 Å². The van der Waals surface area contributed by atoms with Gasteiger partial charge in [0.05, 0.1) is 14.2 Å². The fraction of sp³-hybridized carbons (Fsp3) is 0.235. The Bertz CT molecular complexity index is 993. The summed E-state index contributed by atoms with van der Waals surface area (Å²) in [5.74, 6) is 0.719. The van der Waals surface area contributed by atoms with Crippen molar-refractivity contribution < 1.29 is 14.3 Å². The van der Waals surface area contributed by atoms with Crippen molar-refractivity contribution in [1.82, 2.24) is 14.7 Å². The van der Waals surface area contributed by atoms with Crippen LogP contribution in [0.5, 0.6) is 11.5 Å². The molecule has 0 bridgehead atoms. The highest BCUT2D eigenvalue weighted by molar-refractivity contribution is 7.15. The Morgan fingerprint density at radius 1 is 1.28 bits per heavy atom. The molecule has 0 saturated carbocycles. The fourth-order valence-corrected chi connectivity index (χ4v) is 3.28. The Kier molecular flexibility index (Phi) is 4.71. The molecule has 25 heavy (non-hydrogen) atoms. The van der Waals surface area contributed by atoms with Crippen LogP contribution in [-0.2, 0) is 6.54 Å². The van der Waals surface area contributed by atoms with Crippen molar-refractivity contribution in [1.29, 1.82) is 0 Å². The van der Waals surface area contributed by atoms with Gasteiger partial charge in [0.2, 0.25) is 0 Å². The van der Waals surface area contributed by atoms with Gasteiger partial charge < -0.3 is 14.8 Å². The highest BCUT2D eigenvalue weighted by Gasteiger charge is 2.15. The van der Waals surface area contributed by atoms with Gasteiger partial charge in [-0.05, 0) is 24.6 Å². The highest BCUT2D eigenvalue weighted by Crippen LogP contribution is 2.27. The molecule has 0 aliphatic rings. The van der Waals surface area contributed by atoms with Gasteiger partial charge in [-0.2, -0.15) is 0 Å². The van der Waals surface area contributed by atoms with E-state index in [-0.39, 0.29) is 17.7 Å². The molecule has 0 atom stereocenters. The number of hydrogen-bond acceptors (Lipinski definition) is 6. The predicted octanol–water partition coefficient (Wildman–Crippen LogP) is 2.01. The minimum absolute atomic E-state index is 0.0134. The van der Waals surface area contributed by atoms with E-state index in [1.165, 1.54) is 21.9 Å². The van der Waals surface area contributed by atoms with Crippen LogP contribution in [0, 0.1) is 6.92 Å². The Balaban J connectivity index is 1.80. The molecule has 0 saturated heterocycles. The van der Waals surface area contributed by atoms with E-state index in [9.17, 15) is 9.59 Å². The number of carbonyl (C=O) groups excluding carboxylic acids is 1. The first kappa shape index (κ1) is 17.0. The van der Waals surface area contributed by atoms with Crippen LogP contribution in [0.25, 0.3) is 4.96 Å². The van der Waals surface area contributed by atoms with Crippen LogP contribution in [0.1, 0.15) is 21.6 Å². The van der Waals surface area contributed by atoms with E-state index in [1.54, 1.807) is 33.3 Å². The lowest BCUT2D eigenvalue weighted by Gasteiger charge is -2.10. The highest BCUT2D eigenvalue weighted by atomic mass is 32.1. The normalized spacial score (nSPS) is 10.7. The monoisotopic (exact) mass is 359 g/mol. The molecule has 1 amide bonds. The summed E-state index contributed by atoms with van der Waals surface area (Å²) in [6.07, 6.45) is 1.32. The van der Waals surface area contributed by atoms with Gasteiger partial charge >= 0.3 is 0 Å². The zero-order chi connectivity index (χ0) is 18.0. The molecule has 2 heterocycles.